The van der Waals surface area contributed by atoms with Crippen molar-refractivity contribution < 1.29 is 62.7 Å². The van der Waals surface area contributed by atoms with Crippen LogP contribution in [0.4, 0.5) is 39.8 Å². The minimum atomic E-state index is -1.79. The van der Waals surface area contributed by atoms with Crippen molar-refractivity contribution in [2.45, 2.75) is 78.9 Å². The van der Waals surface area contributed by atoms with Crippen LogP contribution in [0.3, 0.4) is 0 Å². The molecule has 2 aliphatic heterocycles. The molecule has 0 spiro atoms. The van der Waals surface area contributed by atoms with Crippen molar-refractivity contribution in [2.75, 3.05) is 53.4 Å². The predicted octanol–water partition coefficient (Wildman–Crippen LogP) is 24.6. The average molecular weight is 2000 g/mol. The molecule has 0 bridgehead atoms. The highest BCUT2D eigenvalue weighted by molar-refractivity contribution is 9.11. The van der Waals surface area contributed by atoms with Crippen LogP contribution in [0.25, 0.3) is 33.9 Å². The maximum atomic E-state index is 10.8. The zero-order valence-electron chi connectivity index (χ0n) is 66.1. The molecule has 119 heavy (non-hydrogen) atoms. The van der Waals surface area contributed by atoms with Crippen LogP contribution in [0.15, 0.2) is 196 Å². The molecule has 0 unspecified atom stereocenters. The van der Waals surface area contributed by atoms with Crippen molar-refractivity contribution in [2.24, 2.45) is 5.16 Å². The molecular weight excluding hydrogens is 1920 g/mol. The number of benzene rings is 9. The lowest BCUT2D eigenvalue weighted by Gasteiger charge is -2.35. The number of hydrogen-bond donors (Lipinski definition) is 3. The molecule has 0 atom stereocenters. The zero-order chi connectivity index (χ0) is 88.5. The highest BCUT2D eigenvalue weighted by Crippen LogP contribution is 2.37. The van der Waals surface area contributed by atoms with E-state index in [9.17, 15) is 14.4 Å². The number of carbonyl (C=O) groups is 3. The largest absolute Gasteiger partial charge is 0.497 e. The van der Waals surface area contributed by atoms with E-state index in [1.54, 1.807) is 104 Å². The van der Waals surface area contributed by atoms with Crippen LogP contribution >= 0.6 is 95.6 Å². The zero-order valence-corrected chi connectivity index (χ0v) is 76.6. The number of aliphatic hydroxyl groups excluding tert-OH is 3. The molecule has 0 amide bonds. The fourth-order valence-corrected chi connectivity index (χ4v) is 13.5. The Morgan fingerprint density at radius 1 is 0.445 bits per heavy atom. The van der Waals surface area contributed by atoms with Crippen molar-refractivity contribution >= 4 is 169 Å². The smallest absolute Gasteiger partial charge is 0.193 e. The van der Waals surface area contributed by atoms with Crippen molar-refractivity contribution in [3.8, 4) is 47.0 Å². The fraction of sp³-hybridized carbons (Fsp3) is 0.220. The number of rotatable bonds is 11. The lowest BCUT2D eigenvalue weighted by atomic mass is 10.1. The summed E-state index contributed by atoms with van der Waals surface area (Å²) in [5.74, 6) is 18.0. The van der Waals surface area contributed by atoms with Crippen LogP contribution < -0.4 is 9.57 Å². The van der Waals surface area contributed by atoms with E-state index in [2.05, 4.69) is 211 Å². The highest BCUT2D eigenvalue weighted by Gasteiger charge is 2.37. The third-order valence-electron chi connectivity index (χ3n) is 15.5. The van der Waals surface area contributed by atoms with Gasteiger partial charge in [0, 0.05) is 66.9 Å². The molecular formula is C91H80Br6N8O13Si. The second-order valence-electron chi connectivity index (χ2n) is 25.8. The van der Waals surface area contributed by atoms with E-state index in [1.165, 1.54) is 11.6 Å². The molecule has 0 aliphatic carbocycles. The molecule has 11 rings (SSSR count). The van der Waals surface area contributed by atoms with Gasteiger partial charge in [0.15, 0.2) is 66.5 Å². The van der Waals surface area contributed by atoms with Crippen molar-refractivity contribution in [3.05, 3.63) is 337 Å². The van der Waals surface area contributed by atoms with Crippen molar-refractivity contribution in [1.29, 1.82) is 0 Å². The second-order valence-corrected chi connectivity index (χ2v) is 36.1. The molecule has 3 N–H and O–H groups in total. The molecule has 21 nitrogen and oxygen atoms in total. The average Bonchev–Trinajstić information content (AvgIpc) is 1.82. The van der Waals surface area contributed by atoms with Crippen LogP contribution in [-0.2, 0) is 30.0 Å². The standard InChI is InChI=1S/C17H21NO2Si.C13H11NO3.C11H7NO2.C10H8BrNO2.C8H6BrNO.C8H4BrNO.C8H8BrNO.C8H6BrN.C8H9BrO/c1-17(2,3)21(5,6)20-9-7-8-14-10-15(13-19)12-16(11-14)18-4;1-14-12-8-10(3-2-4-15)7-11(9-12)13-16-5-6-17-13;1-12-11-6-9(3-2-4-13)5-10(7-11)8-14;1-12-9-5-7(4-8(11)6-9)10-13-2-3-14-10;2*1-10-8-3-6(5-11)2-7(9)4-8;1-6-3-7(9)5-8(4-6)11-10-2;2*1-6-3-7(9)5-8(4-6)10-2/h10-13H,9H2,1-3,5-6H3;7-9,13,15H,4-6H2;5-8,13H,4H2;4-6,10H,2-3H2;2-4,11H,5H2;2-5H;3-5H,2H2,1H3;3-5H,1H3;3-5H,1-2H3. The van der Waals surface area contributed by atoms with Crippen LogP contribution in [-0.4, -0.2) is 103 Å². The number of aliphatic hydroxyl groups is 3. The Bertz CT molecular complexity index is 5430. The molecule has 0 aromatic heterocycles. The first-order valence-electron chi connectivity index (χ1n) is 35.0. The summed E-state index contributed by atoms with van der Waals surface area (Å²) >= 11 is 19.8. The van der Waals surface area contributed by atoms with Crippen LogP contribution in [0.2, 0.25) is 18.1 Å². The number of nitrogens with zero attached hydrogens (tertiary/aromatic N) is 8. The van der Waals surface area contributed by atoms with Gasteiger partial charge in [0.2, 0.25) is 0 Å². The molecule has 9 aromatic rings. The molecule has 0 saturated carbocycles. The summed E-state index contributed by atoms with van der Waals surface area (Å²) in [6, 6.07) is 47.6. The minimum Gasteiger partial charge on any atom is -0.497 e. The van der Waals surface area contributed by atoms with E-state index in [0.717, 1.165) is 73.0 Å². The lowest BCUT2D eigenvalue weighted by Crippen LogP contribution is -2.40. The molecule has 9 aromatic carbocycles. The van der Waals surface area contributed by atoms with Gasteiger partial charge in [-0.2, -0.15) is 0 Å². The molecule has 0 radical (unpaired) electrons. The summed E-state index contributed by atoms with van der Waals surface area (Å²) in [5.41, 5.74) is 12.8. The first-order valence-corrected chi connectivity index (χ1v) is 42.7. The van der Waals surface area contributed by atoms with Crippen LogP contribution in [0.1, 0.15) is 114 Å². The van der Waals surface area contributed by atoms with Gasteiger partial charge in [-0.1, -0.05) is 175 Å². The Hall–Kier alpha value is -10.9. The van der Waals surface area contributed by atoms with Gasteiger partial charge in [0.25, 0.3) is 0 Å². The van der Waals surface area contributed by atoms with Crippen molar-refractivity contribution in [3.63, 3.8) is 0 Å². The molecule has 608 valence electrons. The van der Waals surface area contributed by atoms with Gasteiger partial charge >= 0.3 is 0 Å². The van der Waals surface area contributed by atoms with Crippen molar-refractivity contribution in [1.82, 2.24) is 0 Å². The molecule has 2 saturated heterocycles. The number of ether oxygens (including phenoxy) is 5. The summed E-state index contributed by atoms with van der Waals surface area (Å²) in [5, 5.41) is 29.4. The Balaban J connectivity index is 0.000000350. The Labute approximate surface area is 747 Å². The monoisotopic (exact) mass is 1990 g/mol. The Morgan fingerprint density at radius 3 is 1.18 bits per heavy atom. The number of methoxy groups -OCH3 is 1. The number of aldehydes is 3. The third kappa shape index (κ3) is 40.4. The molecule has 2 aliphatic rings. The minimum absolute atomic E-state index is 0.0258. The number of oxime groups is 1. The van der Waals surface area contributed by atoms with Gasteiger partial charge in [0.1, 0.15) is 37.8 Å². The summed E-state index contributed by atoms with van der Waals surface area (Å²) in [6.07, 6.45) is 1.39. The van der Waals surface area contributed by atoms with E-state index >= 15 is 0 Å². The topological polar surface area (TPSA) is 219 Å². The number of hydrogen-bond acceptors (Lipinski definition) is 14. The van der Waals surface area contributed by atoms with Crippen LogP contribution in [0, 0.1) is 102 Å². The summed E-state index contributed by atoms with van der Waals surface area (Å²) in [7, 11) is -0.118. The quantitative estimate of drug-likeness (QED) is 0.0274. The van der Waals surface area contributed by atoms with Gasteiger partial charge in [-0.3, -0.25) is 14.4 Å². The van der Waals surface area contributed by atoms with Gasteiger partial charge in [-0.15, -0.1) is 0 Å². The van der Waals surface area contributed by atoms with Gasteiger partial charge in [-0.25, -0.2) is 33.9 Å². The first kappa shape index (κ1) is 102. The van der Waals surface area contributed by atoms with Crippen LogP contribution in [0.5, 0.6) is 11.5 Å². The van der Waals surface area contributed by atoms with Gasteiger partial charge in [0.05, 0.1) is 92.8 Å². The first-order chi connectivity index (χ1) is 56.8. The summed E-state index contributed by atoms with van der Waals surface area (Å²) in [4.78, 5) is 59.5. The molecule has 2 heterocycles. The molecule has 28 heteroatoms. The van der Waals surface area contributed by atoms with E-state index < -0.39 is 14.6 Å². The Kier molecular flexibility index (Phi) is 47.9. The fourth-order valence-electron chi connectivity index (χ4n) is 9.29. The highest BCUT2D eigenvalue weighted by atomic mass is 79.9. The number of aryl methyl sites for hydroxylation is 3. The van der Waals surface area contributed by atoms with E-state index in [0.29, 0.717) is 118 Å². The second kappa shape index (κ2) is 55.8. The molecule has 2 fully saturated rings. The third-order valence-corrected chi connectivity index (χ3v) is 22.7. The lowest BCUT2D eigenvalue weighted by molar-refractivity contribution is -0.0442. The van der Waals surface area contributed by atoms with E-state index in [1.807, 2.05) is 81.4 Å². The predicted molar refractivity (Wildman–Crippen MR) is 488 cm³/mol. The summed E-state index contributed by atoms with van der Waals surface area (Å²) in [6.45, 7) is 70.3. The van der Waals surface area contributed by atoms with Gasteiger partial charge < -0.3 is 48.3 Å². The number of carbonyl (C=O) groups excluding carboxylic acids is 3. The van der Waals surface area contributed by atoms with E-state index in [4.69, 9.17) is 94.3 Å². The van der Waals surface area contributed by atoms with E-state index in [-0.39, 0.29) is 31.1 Å². The maximum absolute atomic E-state index is 10.8. The summed E-state index contributed by atoms with van der Waals surface area (Å²) < 4.78 is 37.9. The normalized spacial score (nSPS) is 11.2. The maximum Gasteiger partial charge on any atom is 0.193 e. The SMILES string of the molecule is C=NOc1cc(C)cc(Br)c1.COc1cc(C)cc(Br)c1.[C-]#[N+]c1cc(Br)cc(C2OCCO2)c1.[C-]#[N+]c1cc(Br)cc(C=O)c1.[C-]#[N+]c1cc(Br)cc(CO)c1.[C-]#[N+]c1cc(C#CCO)cc(C2OCCO2)c1.[C-]#[N+]c1cc(C#CCO)cc(C=O)c1.[C-]#[N+]c1cc(C#CCO[Si](C)(C)C(C)(C)C)cc(C=O)c1.[C-]#[N+]c1cc(C)cc(Br)c1. The number of halogens is 6. The Morgan fingerprint density at radius 2 is 0.782 bits per heavy atom. The van der Waals surface area contributed by atoms with Gasteiger partial charge in [-0.05, 0) is 218 Å².